The van der Waals surface area contributed by atoms with Gasteiger partial charge >= 0.3 is 0 Å². The van der Waals surface area contributed by atoms with E-state index >= 15 is 0 Å². The van der Waals surface area contributed by atoms with Gasteiger partial charge in [-0.1, -0.05) is 23.4 Å². The van der Waals surface area contributed by atoms with Crippen LogP contribution < -0.4 is 5.32 Å². The van der Waals surface area contributed by atoms with Crippen molar-refractivity contribution in [3.05, 3.63) is 51.2 Å². The molecule has 0 aliphatic rings. The summed E-state index contributed by atoms with van der Waals surface area (Å²) >= 11 is 7.35. The molecule has 0 aliphatic carbocycles. The van der Waals surface area contributed by atoms with Gasteiger partial charge in [0.15, 0.2) is 0 Å². The van der Waals surface area contributed by atoms with Gasteiger partial charge in [-0.25, -0.2) is 0 Å². The molecule has 96 valence electrons. The van der Waals surface area contributed by atoms with E-state index in [4.69, 9.17) is 16.7 Å². The van der Waals surface area contributed by atoms with E-state index in [9.17, 15) is 4.79 Å². The third kappa shape index (κ3) is 3.58. The topological polar surface area (TPSA) is 49.3 Å². The zero-order valence-electron chi connectivity index (χ0n) is 9.81. The smallest absolute Gasteiger partial charge is 0.256 e. The summed E-state index contributed by atoms with van der Waals surface area (Å²) in [5.74, 6) is 5.10. The van der Waals surface area contributed by atoms with Crippen LogP contribution in [-0.4, -0.2) is 17.6 Å². The number of rotatable bonds is 2. The Morgan fingerprint density at radius 3 is 2.95 bits per heavy atom. The lowest BCUT2D eigenvalue weighted by atomic mass is 10.1. The first-order chi connectivity index (χ1) is 9.20. The summed E-state index contributed by atoms with van der Waals surface area (Å²) in [6.45, 7) is -0.246. The molecule has 2 aromatic rings. The van der Waals surface area contributed by atoms with Crippen molar-refractivity contribution in [3.8, 4) is 11.8 Å². The summed E-state index contributed by atoms with van der Waals surface area (Å²) in [6.07, 6.45) is 0. The summed E-state index contributed by atoms with van der Waals surface area (Å²) < 4.78 is 0. The Hall–Kier alpha value is -1.80. The van der Waals surface area contributed by atoms with Crippen LogP contribution in [0.2, 0.25) is 5.02 Å². The fourth-order valence-electron chi connectivity index (χ4n) is 1.45. The van der Waals surface area contributed by atoms with E-state index in [0.29, 0.717) is 21.8 Å². The van der Waals surface area contributed by atoms with E-state index in [-0.39, 0.29) is 12.5 Å². The predicted octanol–water partition coefficient (Wildman–Crippen LogP) is 3.00. The molecule has 2 rings (SSSR count). The minimum absolute atomic E-state index is 0.198. The summed E-state index contributed by atoms with van der Waals surface area (Å²) in [7, 11) is 0. The molecule has 0 radical (unpaired) electrons. The van der Waals surface area contributed by atoms with E-state index in [0.717, 1.165) is 0 Å². The molecule has 0 aliphatic heterocycles. The quantitative estimate of drug-likeness (QED) is 0.836. The number of anilines is 1. The standard InChI is InChI=1S/C14H10ClNO2S/c15-12-3-4-13(10(8-12)2-1-6-17)16-14(18)11-5-7-19-9-11/h3-5,7-9,17H,6H2,(H,16,18). The summed E-state index contributed by atoms with van der Waals surface area (Å²) in [6, 6.07) is 6.76. The molecule has 0 atom stereocenters. The lowest BCUT2D eigenvalue weighted by Crippen LogP contribution is -2.11. The van der Waals surface area contributed by atoms with E-state index in [1.54, 1.807) is 29.6 Å². The number of hydrogen-bond donors (Lipinski definition) is 2. The Kier molecular flexibility index (Phi) is 4.58. The van der Waals surface area contributed by atoms with Crippen molar-refractivity contribution in [2.75, 3.05) is 11.9 Å². The van der Waals surface area contributed by atoms with Crippen LogP contribution in [-0.2, 0) is 0 Å². The lowest BCUT2D eigenvalue weighted by Gasteiger charge is -2.07. The van der Waals surface area contributed by atoms with E-state index in [1.807, 2.05) is 5.38 Å². The fraction of sp³-hybridized carbons (Fsp3) is 0.0714. The summed E-state index contributed by atoms with van der Waals surface area (Å²) in [5.41, 5.74) is 1.74. The molecule has 0 bridgehead atoms. The van der Waals surface area contributed by atoms with Gasteiger partial charge < -0.3 is 10.4 Å². The SMILES string of the molecule is O=C(Nc1ccc(Cl)cc1C#CCO)c1ccsc1. The van der Waals surface area contributed by atoms with Gasteiger partial charge in [-0.15, -0.1) is 0 Å². The van der Waals surface area contributed by atoms with Crippen molar-refractivity contribution in [2.45, 2.75) is 0 Å². The fourth-order valence-corrected chi connectivity index (χ4v) is 2.26. The third-order valence-electron chi connectivity index (χ3n) is 2.32. The average molecular weight is 292 g/mol. The molecule has 5 heteroatoms. The molecule has 0 saturated heterocycles. The van der Waals surface area contributed by atoms with Gasteiger partial charge in [-0.3, -0.25) is 4.79 Å². The Balaban J connectivity index is 2.27. The molecule has 0 saturated carbocycles. The van der Waals surface area contributed by atoms with Crippen LogP contribution in [0.4, 0.5) is 5.69 Å². The largest absolute Gasteiger partial charge is 0.384 e. The van der Waals surface area contributed by atoms with Crippen LogP contribution in [0.3, 0.4) is 0 Å². The molecule has 1 aromatic heterocycles. The Morgan fingerprint density at radius 2 is 2.26 bits per heavy atom. The maximum Gasteiger partial charge on any atom is 0.256 e. The molecular weight excluding hydrogens is 282 g/mol. The number of benzene rings is 1. The van der Waals surface area contributed by atoms with Crippen molar-refractivity contribution in [3.63, 3.8) is 0 Å². The molecular formula is C14H10ClNO2S. The number of carbonyl (C=O) groups excluding carboxylic acids is 1. The van der Waals surface area contributed by atoms with Gasteiger partial charge in [0.05, 0.1) is 11.3 Å². The first-order valence-corrected chi connectivity index (χ1v) is 6.75. The van der Waals surface area contributed by atoms with Gasteiger partial charge in [-0.05, 0) is 29.6 Å². The highest BCUT2D eigenvalue weighted by Crippen LogP contribution is 2.21. The zero-order valence-corrected chi connectivity index (χ0v) is 11.4. The molecule has 3 nitrogen and oxygen atoms in total. The Morgan fingerprint density at radius 1 is 1.42 bits per heavy atom. The monoisotopic (exact) mass is 291 g/mol. The van der Waals surface area contributed by atoms with Crippen LogP contribution in [0.5, 0.6) is 0 Å². The second-order valence-electron chi connectivity index (χ2n) is 3.62. The number of aliphatic hydroxyl groups is 1. The highest BCUT2D eigenvalue weighted by molar-refractivity contribution is 7.08. The minimum atomic E-state index is -0.246. The number of carbonyl (C=O) groups is 1. The Bertz CT molecular complexity index is 641. The highest BCUT2D eigenvalue weighted by Gasteiger charge is 2.09. The van der Waals surface area contributed by atoms with Gasteiger partial charge in [0.2, 0.25) is 0 Å². The van der Waals surface area contributed by atoms with Crippen molar-refractivity contribution < 1.29 is 9.90 Å². The normalized spacial score (nSPS) is 9.58. The number of thiophene rings is 1. The number of hydrogen-bond acceptors (Lipinski definition) is 3. The van der Waals surface area contributed by atoms with Gasteiger partial charge in [-0.2, -0.15) is 11.3 Å². The molecule has 0 unspecified atom stereocenters. The molecule has 2 N–H and O–H groups in total. The third-order valence-corrected chi connectivity index (χ3v) is 3.23. The van der Waals surface area contributed by atoms with E-state index in [1.165, 1.54) is 11.3 Å². The van der Waals surface area contributed by atoms with Gasteiger partial charge in [0, 0.05) is 16.0 Å². The van der Waals surface area contributed by atoms with Crippen LogP contribution in [0.15, 0.2) is 35.0 Å². The maximum atomic E-state index is 12.0. The minimum Gasteiger partial charge on any atom is -0.384 e. The van der Waals surface area contributed by atoms with E-state index in [2.05, 4.69) is 17.2 Å². The predicted molar refractivity (Wildman–Crippen MR) is 77.7 cm³/mol. The van der Waals surface area contributed by atoms with Crippen molar-refractivity contribution in [1.82, 2.24) is 0 Å². The van der Waals surface area contributed by atoms with Crippen molar-refractivity contribution in [1.29, 1.82) is 0 Å². The van der Waals surface area contributed by atoms with Gasteiger partial charge in [0.25, 0.3) is 5.91 Å². The van der Waals surface area contributed by atoms with Crippen LogP contribution in [0.1, 0.15) is 15.9 Å². The molecule has 1 aromatic carbocycles. The highest BCUT2D eigenvalue weighted by atomic mass is 35.5. The molecule has 0 fully saturated rings. The summed E-state index contributed by atoms with van der Waals surface area (Å²) in [5, 5.41) is 15.6. The lowest BCUT2D eigenvalue weighted by molar-refractivity contribution is 0.102. The van der Waals surface area contributed by atoms with Gasteiger partial charge in [0.1, 0.15) is 6.61 Å². The maximum absolute atomic E-state index is 12.0. The molecule has 1 heterocycles. The average Bonchev–Trinajstić information content (AvgIpc) is 2.93. The number of halogens is 1. The molecule has 0 spiro atoms. The number of aliphatic hydroxyl groups excluding tert-OH is 1. The molecule has 19 heavy (non-hydrogen) atoms. The van der Waals surface area contributed by atoms with Crippen LogP contribution in [0, 0.1) is 11.8 Å². The Labute approximate surface area is 119 Å². The number of nitrogens with one attached hydrogen (secondary N) is 1. The van der Waals surface area contributed by atoms with Crippen LogP contribution >= 0.6 is 22.9 Å². The van der Waals surface area contributed by atoms with Crippen LogP contribution in [0.25, 0.3) is 0 Å². The number of amides is 1. The summed E-state index contributed by atoms with van der Waals surface area (Å²) in [4.78, 5) is 12.0. The molecule has 1 amide bonds. The first kappa shape index (κ1) is 13.6. The van der Waals surface area contributed by atoms with Crippen molar-refractivity contribution in [2.24, 2.45) is 0 Å². The first-order valence-electron chi connectivity index (χ1n) is 5.43. The second-order valence-corrected chi connectivity index (χ2v) is 4.83. The van der Waals surface area contributed by atoms with Crippen molar-refractivity contribution >= 4 is 34.5 Å². The second kappa shape index (κ2) is 6.39. The van der Waals surface area contributed by atoms with E-state index < -0.39 is 0 Å². The zero-order chi connectivity index (χ0) is 13.7.